The van der Waals surface area contributed by atoms with Crippen molar-refractivity contribution >= 4 is 11.6 Å². The third-order valence-corrected chi connectivity index (χ3v) is 3.80. The summed E-state index contributed by atoms with van der Waals surface area (Å²) in [5.41, 5.74) is 2.36. The molecule has 21 heavy (non-hydrogen) atoms. The Balaban J connectivity index is 1.56. The van der Waals surface area contributed by atoms with E-state index in [4.69, 9.17) is 0 Å². The smallest absolute Gasteiger partial charge is 0.225 e. The van der Waals surface area contributed by atoms with Crippen LogP contribution in [0.1, 0.15) is 12.5 Å². The molecule has 1 aromatic heterocycles. The Bertz CT molecular complexity index is 608. The second-order valence-electron chi connectivity index (χ2n) is 5.58. The van der Waals surface area contributed by atoms with Gasteiger partial charge in [-0.15, -0.1) is 0 Å². The second kappa shape index (κ2) is 5.99. The summed E-state index contributed by atoms with van der Waals surface area (Å²) >= 11 is 0. The molecule has 1 aliphatic rings. The molecule has 2 N–H and O–H groups in total. The van der Waals surface area contributed by atoms with E-state index < -0.39 is 0 Å². The number of nitrogens with zero attached hydrogens (tertiary/aromatic N) is 2. The standard InChI is InChI=1S/C16H20N4O/c1-12(11-20-8-4-7-18-20)19-16(21)14-9-13-5-2-3-6-15(13)17-10-14/h2-8,12,14,17H,9-11H2,1H3,(H,19,21). The van der Waals surface area contributed by atoms with Crippen LogP contribution in [-0.4, -0.2) is 28.3 Å². The van der Waals surface area contributed by atoms with Crippen LogP contribution in [0.25, 0.3) is 0 Å². The van der Waals surface area contributed by atoms with Gasteiger partial charge in [-0.25, -0.2) is 0 Å². The highest BCUT2D eigenvalue weighted by Gasteiger charge is 2.25. The number of carbonyl (C=O) groups excluding carboxylic acids is 1. The zero-order valence-corrected chi connectivity index (χ0v) is 12.1. The van der Waals surface area contributed by atoms with E-state index in [0.29, 0.717) is 13.1 Å². The molecule has 3 rings (SSSR count). The molecular weight excluding hydrogens is 264 g/mol. The molecule has 0 aliphatic carbocycles. The average molecular weight is 284 g/mol. The summed E-state index contributed by atoms with van der Waals surface area (Å²) < 4.78 is 1.83. The van der Waals surface area contributed by atoms with Crippen LogP contribution in [0.2, 0.25) is 0 Å². The van der Waals surface area contributed by atoms with Gasteiger partial charge in [-0.1, -0.05) is 18.2 Å². The van der Waals surface area contributed by atoms with E-state index in [0.717, 1.165) is 12.1 Å². The molecule has 0 bridgehead atoms. The van der Waals surface area contributed by atoms with E-state index in [-0.39, 0.29) is 17.9 Å². The first-order chi connectivity index (χ1) is 10.2. The van der Waals surface area contributed by atoms with Gasteiger partial charge in [0.1, 0.15) is 0 Å². The summed E-state index contributed by atoms with van der Waals surface area (Å²) in [6, 6.07) is 10.1. The molecule has 1 aromatic carbocycles. The minimum absolute atomic E-state index is 0.0139. The van der Waals surface area contributed by atoms with Crippen LogP contribution in [0.4, 0.5) is 5.69 Å². The van der Waals surface area contributed by atoms with Gasteiger partial charge >= 0.3 is 0 Å². The molecule has 110 valence electrons. The van der Waals surface area contributed by atoms with Crippen LogP contribution in [0.3, 0.4) is 0 Å². The number of rotatable bonds is 4. The number of amides is 1. The van der Waals surface area contributed by atoms with Gasteiger partial charge in [0.05, 0.1) is 12.5 Å². The maximum absolute atomic E-state index is 12.4. The summed E-state index contributed by atoms with van der Waals surface area (Å²) in [5.74, 6) is 0.0941. The largest absolute Gasteiger partial charge is 0.384 e. The SMILES string of the molecule is CC(Cn1cccn1)NC(=O)C1CNc2ccccc2C1. The second-order valence-corrected chi connectivity index (χ2v) is 5.58. The minimum atomic E-state index is -0.0139. The van der Waals surface area contributed by atoms with Crippen LogP contribution < -0.4 is 10.6 Å². The van der Waals surface area contributed by atoms with Crippen molar-refractivity contribution in [2.24, 2.45) is 5.92 Å². The van der Waals surface area contributed by atoms with Crippen molar-refractivity contribution in [2.45, 2.75) is 25.9 Å². The Labute approximate surface area is 124 Å². The van der Waals surface area contributed by atoms with Crippen molar-refractivity contribution in [3.8, 4) is 0 Å². The lowest BCUT2D eigenvalue weighted by molar-refractivity contribution is -0.125. The summed E-state index contributed by atoms with van der Waals surface area (Å²) in [4.78, 5) is 12.4. The zero-order chi connectivity index (χ0) is 14.7. The molecule has 0 saturated heterocycles. The number of hydrogen-bond donors (Lipinski definition) is 2. The highest BCUT2D eigenvalue weighted by molar-refractivity contribution is 5.81. The van der Waals surface area contributed by atoms with Gasteiger partial charge in [0.2, 0.25) is 5.91 Å². The molecule has 5 nitrogen and oxygen atoms in total. The molecule has 1 aliphatic heterocycles. The van der Waals surface area contributed by atoms with E-state index in [9.17, 15) is 4.79 Å². The van der Waals surface area contributed by atoms with Crippen LogP contribution >= 0.6 is 0 Å². The predicted molar refractivity (Wildman–Crippen MR) is 82.0 cm³/mol. The summed E-state index contributed by atoms with van der Waals surface area (Å²) in [7, 11) is 0. The molecular formula is C16H20N4O. The lowest BCUT2D eigenvalue weighted by Gasteiger charge is -2.26. The molecule has 0 saturated carbocycles. The van der Waals surface area contributed by atoms with Crippen molar-refractivity contribution in [3.63, 3.8) is 0 Å². The normalized spacial score (nSPS) is 18.4. The number of hydrogen-bond acceptors (Lipinski definition) is 3. The number of carbonyl (C=O) groups is 1. The van der Waals surface area contributed by atoms with Gasteiger partial charge in [-0.3, -0.25) is 9.48 Å². The summed E-state index contributed by atoms with van der Waals surface area (Å²) in [5, 5.41) is 10.6. The molecule has 2 atom stereocenters. The predicted octanol–water partition coefficient (Wildman–Crippen LogP) is 1.67. The molecule has 0 spiro atoms. The van der Waals surface area contributed by atoms with Crippen LogP contribution in [0, 0.1) is 5.92 Å². The van der Waals surface area contributed by atoms with E-state index in [1.807, 2.05) is 36.0 Å². The number of aromatic nitrogens is 2. The number of anilines is 1. The van der Waals surface area contributed by atoms with Gasteiger partial charge in [-0.2, -0.15) is 5.10 Å². The third kappa shape index (κ3) is 3.24. The van der Waals surface area contributed by atoms with Gasteiger partial charge in [-0.05, 0) is 31.0 Å². The van der Waals surface area contributed by atoms with E-state index >= 15 is 0 Å². The van der Waals surface area contributed by atoms with E-state index in [1.54, 1.807) is 6.20 Å². The van der Waals surface area contributed by atoms with Crippen molar-refractivity contribution in [1.82, 2.24) is 15.1 Å². The van der Waals surface area contributed by atoms with Gasteiger partial charge < -0.3 is 10.6 Å². The van der Waals surface area contributed by atoms with Crippen molar-refractivity contribution in [1.29, 1.82) is 0 Å². The lowest BCUT2D eigenvalue weighted by atomic mass is 9.93. The Morgan fingerprint density at radius 2 is 2.33 bits per heavy atom. The molecule has 0 fully saturated rings. The number of fused-ring (bicyclic) bond motifs is 1. The molecule has 2 heterocycles. The first kappa shape index (κ1) is 13.7. The third-order valence-electron chi connectivity index (χ3n) is 3.80. The molecule has 1 amide bonds. The fourth-order valence-corrected chi connectivity index (χ4v) is 2.72. The van der Waals surface area contributed by atoms with Gasteiger partial charge in [0.15, 0.2) is 0 Å². The van der Waals surface area contributed by atoms with E-state index in [2.05, 4.69) is 27.9 Å². The Kier molecular flexibility index (Phi) is 3.90. The zero-order valence-electron chi connectivity index (χ0n) is 12.1. The molecule has 5 heteroatoms. The first-order valence-corrected chi connectivity index (χ1v) is 7.32. The van der Waals surface area contributed by atoms with Crippen molar-refractivity contribution < 1.29 is 4.79 Å². The average Bonchev–Trinajstić information content (AvgIpc) is 2.99. The van der Waals surface area contributed by atoms with Gasteiger partial charge in [0.25, 0.3) is 0 Å². The Hall–Kier alpha value is -2.30. The van der Waals surface area contributed by atoms with Crippen molar-refractivity contribution in [3.05, 3.63) is 48.3 Å². The number of para-hydroxylation sites is 1. The summed E-state index contributed by atoms with van der Waals surface area (Å²) in [6.45, 7) is 3.39. The number of nitrogens with one attached hydrogen (secondary N) is 2. The Morgan fingerprint density at radius 3 is 3.14 bits per heavy atom. The monoisotopic (exact) mass is 284 g/mol. The quantitative estimate of drug-likeness (QED) is 0.898. The van der Waals surface area contributed by atoms with Crippen LogP contribution in [0.15, 0.2) is 42.7 Å². The highest BCUT2D eigenvalue weighted by Crippen LogP contribution is 2.24. The maximum Gasteiger partial charge on any atom is 0.225 e. The molecule has 0 radical (unpaired) electrons. The highest BCUT2D eigenvalue weighted by atomic mass is 16.2. The number of benzene rings is 1. The Morgan fingerprint density at radius 1 is 1.48 bits per heavy atom. The van der Waals surface area contributed by atoms with E-state index in [1.165, 1.54) is 5.56 Å². The lowest BCUT2D eigenvalue weighted by Crippen LogP contribution is -2.43. The minimum Gasteiger partial charge on any atom is -0.384 e. The van der Waals surface area contributed by atoms with Crippen LogP contribution in [0.5, 0.6) is 0 Å². The summed E-state index contributed by atoms with van der Waals surface area (Å²) in [6.07, 6.45) is 4.45. The molecule has 2 aromatic rings. The molecule has 2 unspecified atom stereocenters. The topological polar surface area (TPSA) is 59.0 Å². The maximum atomic E-state index is 12.4. The van der Waals surface area contributed by atoms with Crippen LogP contribution in [-0.2, 0) is 17.8 Å². The fourth-order valence-electron chi connectivity index (χ4n) is 2.72. The van der Waals surface area contributed by atoms with Gasteiger partial charge in [0, 0.05) is 30.7 Å². The van der Waals surface area contributed by atoms with Crippen molar-refractivity contribution in [2.75, 3.05) is 11.9 Å². The fraction of sp³-hybridized carbons (Fsp3) is 0.375. The first-order valence-electron chi connectivity index (χ1n) is 7.32.